The highest BCUT2D eigenvalue weighted by molar-refractivity contribution is 5.65. The van der Waals surface area contributed by atoms with Crippen LogP contribution < -0.4 is 10.6 Å². The molecule has 0 unspecified atom stereocenters. The number of hydrogen-bond donors (Lipinski definition) is 2. The monoisotopic (exact) mass is 367 g/mol. The van der Waals surface area contributed by atoms with Crippen molar-refractivity contribution < 1.29 is 8.78 Å². The van der Waals surface area contributed by atoms with Crippen molar-refractivity contribution in [1.82, 2.24) is 15.0 Å². The molecule has 1 aliphatic carbocycles. The van der Waals surface area contributed by atoms with Gasteiger partial charge in [0.25, 0.3) is 0 Å². The summed E-state index contributed by atoms with van der Waals surface area (Å²) in [7, 11) is 0. The Kier molecular flexibility index (Phi) is 4.91. The number of rotatable bonds is 5. The number of hydrogen-bond acceptors (Lipinski definition) is 5. The van der Waals surface area contributed by atoms with E-state index in [1.165, 1.54) is 25.0 Å². The fourth-order valence-electron chi connectivity index (χ4n) is 3.21. The van der Waals surface area contributed by atoms with Gasteiger partial charge in [-0.25, -0.2) is 13.8 Å². The van der Waals surface area contributed by atoms with Crippen LogP contribution in [-0.2, 0) is 0 Å². The first-order chi connectivity index (χ1) is 13.2. The van der Waals surface area contributed by atoms with Crippen molar-refractivity contribution in [2.45, 2.75) is 31.7 Å². The van der Waals surface area contributed by atoms with Gasteiger partial charge in [-0.1, -0.05) is 25.0 Å². The second-order valence-corrected chi connectivity index (χ2v) is 6.53. The first kappa shape index (κ1) is 17.3. The lowest BCUT2D eigenvalue weighted by Gasteiger charge is -2.15. The summed E-state index contributed by atoms with van der Waals surface area (Å²) in [4.78, 5) is 13.3. The molecular formula is C20H19F2N5. The number of nitrogens with one attached hydrogen (secondary N) is 2. The third-order valence-corrected chi connectivity index (χ3v) is 4.56. The van der Waals surface area contributed by atoms with E-state index in [9.17, 15) is 8.78 Å². The molecule has 0 bridgehead atoms. The van der Waals surface area contributed by atoms with Crippen LogP contribution in [0.4, 0.5) is 26.2 Å². The summed E-state index contributed by atoms with van der Waals surface area (Å²) in [5.74, 6) is -1.04. The molecule has 0 aliphatic heterocycles. The lowest BCUT2D eigenvalue weighted by molar-refractivity contribution is 0.511. The van der Waals surface area contributed by atoms with Gasteiger partial charge in [-0.05, 0) is 37.1 Å². The smallest absolute Gasteiger partial charge is 0.225 e. The number of nitrogens with zero attached hydrogens (tertiary/aromatic N) is 3. The van der Waals surface area contributed by atoms with E-state index in [0.717, 1.165) is 18.9 Å². The fraction of sp³-hybridized carbons (Fsp3) is 0.250. The van der Waals surface area contributed by atoms with Crippen LogP contribution in [0.25, 0.3) is 11.4 Å². The summed E-state index contributed by atoms with van der Waals surface area (Å²) in [5.41, 5.74) is 1.30. The van der Waals surface area contributed by atoms with E-state index in [1.807, 2.05) is 18.2 Å². The van der Waals surface area contributed by atoms with Gasteiger partial charge in [0, 0.05) is 18.3 Å². The van der Waals surface area contributed by atoms with Crippen LogP contribution in [0.15, 0.2) is 48.7 Å². The van der Waals surface area contributed by atoms with Gasteiger partial charge in [0.05, 0.1) is 17.1 Å². The van der Waals surface area contributed by atoms with Crippen molar-refractivity contribution in [1.29, 1.82) is 0 Å². The van der Waals surface area contributed by atoms with Crippen LogP contribution in [-0.4, -0.2) is 21.0 Å². The first-order valence-corrected chi connectivity index (χ1v) is 8.97. The third-order valence-electron chi connectivity index (χ3n) is 4.56. The zero-order valence-corrected chi connectivity index (χ0v) is 14.6. The topological polar surface area (TPSA) is 62.7 Å². The van der Waals surface area contributed by atoms with Crippen LogP contribution in [0.3, 0.4) is 0 Å². The second kappa shape index (κ2) is 7.65. The largest absolute Gasteiger partial charge is 0.351 e. The minimum absolute atomic E-state index is 0.0208. The Morgan fingerprint density at radius 3 is 2.56 bits per heavy atom. The molecule has 27 heavy (non-hydrogen) atoms. The summed E-state index contributed by atoms with van der Waals surface area (Å²) in [6.45, 7) is 0. The van der Waals surface area contributed by atoms with E-state index in [1.54, 1.807) is 12.3 Å². The molecule has 1 aliphatic rings. The Morgan fingerprint density at radius 2 is 1.78 bits per heavy atom. The molecule has 0 radical (unpaired) electrons. The van der Waals surface area contributed by atoms with Crippen LogP contribution >= 0.6 is 0 Å². The molecule has 1 fully saturated rings. The Labute approximate surface area is 155 Å². The van der Waals surface area contributed by atoms with E-state index >= 15 is 0 Å². The van der Waals surface area contributed by atoms with Crippen LogP contribution in [0.5, 0.6) is 0 Å². The van der Waals surface area contributed by atoms with Gasteiger partial charge in [0.2, 0.25) is 5.95 Å². The molecule has 4 rings (SSSR count). The maximum atomic E-state index is 14.0. The van der Waals surface area contributed by atoms with E-state index in [-0.39, 0.29) is 5.69 Å². The molecule has 3 aromatic rings. The number of pyridine rings is 1. The first-order valence-electron chi connectivity index (χ1n) is 8.97. The molecule has 2 N–H and O–H groups in total. The quantitative estimate of drug-likeness (QED) is 0.670. The van der Waals surface area contributed by atoms with Crippen molar-refractivity contribution in [2.24, 2.45) is 0 Å². The van der Waals surface area contributed by atoms with Crippen molar-refractivity contribution in [3.05, 3.63) is 60.3 Å². The zero-order valence-electron chi connectivity index (χ0n) is 14.6. The number of aromatic nitrogens is 3. The highest BCUT2D eigenvalue weighted by Gasteiger charge is 2.17. The molecule has 0 spiro atoms. The minimum Gasteiger partial charge on any atom is -0.351 e. The molecule has 7 heteroatoms. The SMILES string of the molecule is Fc1cccc(Nc2cc(-c3ccccn3)nc(NC3CCCC3)n2)c1F. The zero-order chi connectivity index (χ0) is 18.6. The lowest BCUT2D eigenvalue weighted by atomic mass is 10.2. The lowest BCUT2D eigenvalue weighted by Crippen LogP contribution is -2.17. The van der Waals surface area contributed by atoms with Crippen molar-refractivity contribution >= 4 is 17.5 Å². The van der Waals surface area contributed by atoms with Crippen LogP contribution in [0.2, 0.25) is 0 Å². The number of halogens is 2. The Balaban J connectivity index is 1.69. The van der Waals surface area contributed by atoms with Crippen LogP contribution in [0.1, 0.15) is 25.7 Å². The van der Waals surface area contributed by atoms with E-state index < -0.39 is 11.6 Å². The van der Waals surface area contributed by atoms with Gasteiger partial charge in [0.1, 0.15) is 5.82 Å². The Morgan fingerprint density at radius 1 is 0.926 bits per heavy atom. The summed E-state index contributed by atoms with van der Waals surface area (Å²) in [6.07, 6.45) is 6.17. The maximum absolute atomic E-state index is 14.0. The normalized spacial score (nSPS) is 14.3. The van der Waals surface area contributed by atoms with Crippen LogP contribution in [0, 0.1) is 11.6 Å². The molecule has 5 nitrogen and oxygen atoms in total. The van der Waals surface area contributed by atoms with Crippen molar-refractivity contribution in [3.63, 3.8) is 0 Å². The Hall–Kier alpha value is -3.09. The number of anilines is 3. The average molecular weight is 367 g/mol. The highest BCUT2D eigenvalue weighted by Crippen LogP contribution is 2.26. The molecular weight excluding hydrogens is 348 g/mol. The van der Waals surface area contributed by atoms with Gasteiger partial charge in [0.15, 0.2) is 11.6 Å². The summed E-state index contributed by atoms with van der Waals surface area (Å²) < 4.78 is 27.5. The predicted molar refractivity (Wildman–Crippen MR) is 101 cm³/mol. The fourth-order valence-corrected chi connectivity index (χ4v) is 3.21. The molecule has 0 amide bonds. The summed E-state index contributed by atoms with van der Waals surface area (Å²) in [6, 6.07) is 11.5. The molecule has 1 saturated carbocycles. The molecule has 2 heterocycles. The van der Waals surface area contributed by atoms with E-state index in [4.69, 9.17) is 0 Å². The van der Waals surface area contributed by atoms with Crippen molar-refractivity contribution in [3.8, 4) is 11.4 Å². The minimum atomic E-state index is -0.944. The third kappa shape index (κ3) is 4.02. The molecule has 0 saturated heterocycles. The predicted octanol–water partition coefficient (Wildman–Crippen LogP) is 4.91. The molecule has 0 atom stereocenters. The van der Waals surface area contributed by atoms with Crippen molar-refractivity contribution in [2.75, 3.05) is 10.6 Å². The Bertz CT molecular complexity index is 927. The molecule has 138 valence electrons. The van der Waals surface area contributed by atoms with E-state index in [0.29, 0.717) is 29.2 Å². The average Bonchev–Trinajstić information content (AvgIpc) is 3.19. The van der Waals surface area contributed by atoms with Gasteiger partial charge in [-0.3, -0.25) is 4.98 Å². The molecule has 2 aromatic heterocycles. The standard InChI is InChI=1S/C20H19F2N5/c21-14-8-5-10-16(19(14)22)25-18-12-17(15-9-3-4-11-23-15)26-20(27-18)24-13-6-1-2-7-13/h3-5,8-13H,1-2,6-7H2,(H2,24,25,26,27). The second-order valence-electron chi connectivity index (χ2n) is 6.53. The summed E-state index contributed by atoms with van der Waals surface area (Å²) in [5, 5.41) is 6.20. The van der Waals surface area contributed by atoms with Gasteiger partial charge in [-0.15, -0.1) is 0 Å². The maximum Gasteiger partial charge on any atom is 0.225 e. The van der Waals surface area contributed by atoms with Gasteiger partial charge >= 0.3 is 0 Å². The summed E-state index contributed by atoms with van der Waals surface area (Å²) >= 11 is 0. The van der Waals surface area contributed by atoms with Gasteiger partial charge in [-0.2, -0.15) is 4.98 Å². The van der Waals surface area contributed by atoms with Gasteiger partial charge < -0.3 is 10.6 Å². The molecule has 1 aromatic carbocycles. The number of benzene rings is 1. The highest BCUT2D eigenvalue weighted by atomic mass is 19.2. The van der Waals surface area contributed by atoms with E-state index in [2.05, 4.69) is 25.6 Å².